The summed E-state index contributed by atoms with van der Waals surface area (Å²) in [6.07, 6.45) is 0. The second-order valence-corrected chi connectivity index (χ2v) is 6.33. The van der Waals surface area contributed by atoms with Crippen molar-refractivity contribution in [3.05, 3.63) is 17.8 Å². The van der Waals surface area contributed by atoms with E-state index in [-0.39, 0.29) is 0 Å². The van der Waals surface area contributed by atoms with Gasteiger partial charge in [-0.05, 0) is 38.1 Å². The second-order valence-electron chi connectivity index (χ2n) is 6.33. The molecule has 1 aromatic heterocycles. The SMILES string of the molecule is CCN1CCN(c2ccc(CNCC(C)C)nn2)CC1C. The van der Waals surface area contributed by atoms with Crippen molar-refractivity contribution in [2.75, 3.05) is 37.6 Å². The third-order valence-corrected chi connectivity index (χ3v) is 4.06. The summed E-state index contributed by atoms with van der Waals surface area (Å²) in [5.74, 6) is 1.67. The van der Waals surface area contributed by atoms with E-state index in [0.717, 1.165) is 50.8 Å². The molecule has 1 saturated heterocycles. The first kappa shape index (κ1) is 16.2. The topological polar surface area (TPSA) is 44.3 Å². The van der Waals surface area contributed by atoms with E-state index >= 15 is 0 Å². The number of nitrogens with zero attached hydrogens (tertiary/aromatic N) is 4. The Balaban J connectivity index is 1.87. The van der Waals surface area contributed by atoms with Crippen LogP contribution in [0.2, 0.25) is 0 Å². The molecule has 0 aromatic carbocycles. The van der Waals surface area contributed by atoms with Crippen molar-refractivity contribution in [2.45, 2.75) is 40.3 Å². The Kier molecular flexibility index (Phi) is 5.94. The van der Waals surface area contributed by atoms with E-state index in [9.17, 15) is 0 Å². The van der Waals surface area contributed by atoms with Crippen molar-refractivity contribution in [2.24, 2.45) is 5.92 Å². The minimum atomic E-state index is 0.581. The van der Waals surface area contributed by atoms with Crippen LogP contribution in [0.4, 0.5) is 5.82 Å². The Morgan fingerprint density at radius 3 is 2.67 bits per heavy atom. The van der Waals surface area contributed by atoms with E-state index in [1.54, 1.807) is 0 Å². The van der Waals surface area contributed by atoms with E-state index in [1.807, 2.05) is 0 Å². The van der Waals surface area contributed by atoms with Crippen LogP contribution in [0.1, 0.15) is 33.4 Å². The third-order valence-electron chi connectivity index (χ3n) is 4.06. The van der Waals surface area contributed by atoms with Gasteiger partial charge in [0.25, 0.3) is 0 Å². The predicted molar refractivity (Wildman–Crippen MR) is 87.5 cm³/mol. The van der Waals surface area contributed by atoms with Crippen LogP contribution in [-0.4, -0.2) is 53.9 Å². The van der Waals surface area contributed by atoms with Crippen LogP contribution in [0.25, 0.3) is 0 Å². The number of nitrogens with one attached hydrogen (secondary N) is 1. The number of rotatable bonds is 6. The lowest BCUT2D eigenvalue weighted by Crippen LogP contribution is -2.52. The molecule has 1 unspecified atom stereocenters. The van der Waals surface area contributed by atoms with Gasteiger partial charge in [0.1, 0.15) is 0 Å². The Morgan fingerprint density at radius 2 is 2.10 bits per heavy atom. The summed E-state index contributed by atoms with van der Waals surface area (Å²) in [6, 6.07) is 4.78. The number of aromatic nitrogens is 2. The predicted octanol–water partition coefficient (Wildman–Crippen LogP) is 1.75. The van der Waals surface area contributed by atoms with E-state index in [2.05, 4.69) is 65.1 Å². The fourth-order valence-corrected chi connectivity index (χ4v) is 2.78. The zero-order valence-electron chi connectivity index (χ0n) is 13.8. The molecule has 0 radical (unpaired) electrons. The molecule has 2 rings (SSSR count). The molecule has 0 saturated carbocycles. The van der Waals surface area contributed by atoms with E-state index in [1.165, 1.54) is 0 Å². The van der Waals surface area contributed by atoms with Gasteiger partial charge in [-0.25, -0.2) is 0 Å². The number of hydrogen-bond donors (Lipinski definition) is 1. The Hall–Kier alpha value is -1.20. The molecule has 1 aliphatic rings. The molecule has 2 heterocycles. The molecule has 118 valence electrons. The Bertz CT molecular complexity index is 417. The minimum Gasteiger partial charge on any atom is -0.352 e. The molecule has 21 heavy (non-hydrogen) atoms. The fourth-order valence-electron chi connectivity index (χ4n) is 2.78. The molecule has 5 heteroatoms. The van der Waals surface area contributed by atoms with Crippen LogP contribution in [0.15, 0.2) is 12.1 Å². The maximum atomic E-state index is 4.40. The van der Waals surface area contributed by atoms with Crippen molar-refractivity contribution in [1.82, 2.24) is 20.4 Å². The zero-order chi connectivity index (χ0) is 15.2. The van der Waals surface area contributed by atoms with E-state index in [4.69, 9.17) is 0 Å². The average molecular weight is 291 g/mol. The van der Waals surface area contributed by atoms with Crippen molar-refractivity contribution in [3.63, 3.8) is 0 Å². The lowest BCUT2D eigenvalue weighted by atomic mass is 10.2. The summed E-state index contributed by atoms with van der Waals surface area (Å²) < 4.78 is 0. The van der Waals surface area contributed by atoms with Crippen molar-refractivity contribution >= 4 is 5.82 Å². The normalized spacial score (nSPS) is 20.2. The molecule has 0 amide bonds. The summed E-state index contributed by atoms with van der Waals surface area (Å²) >= 11 is 0. The molecule has 0 spiro atoms. The number of hydrogen-bond acceptors (Lipinski definition) is 5. The molecular weight excluding hydrogens is 262 g/mol. The standard InChI is InChI=1S/C16H29N5/c1-5-20-8-9-21(12-14(20)4)16-7-6-15(18-19-16)11-17-10-13(2)3/h6-7,13-14,17H,5,8-12H2,1-4H3. The van der Waals surface area contributed by atoms with Gasteiger partial charge in [0.15, 0.2) is 5.82 Å². The van der Waals surface area contributed by atoms with Gasteiger partial charge >= 0.3 is 0 Å². The smallest absolute Gasteiger partial charge is 0.151 e. The summed E-state index contributed by atoms with van der Waals surface area (Å²) in [4.78, 5) is 4.85. The highest BCUT2D eigenvalue weighted by Crippen LogP contribution is 2.16. The van der Waals surface area contributed by atoms with Crippen LogP contribution in [-0.2, 0) is 6.54 Å². The highest BCUT2D eigenvalue weighted by molar-refractivity contribution is 5.38. The fraction of sp³-hybridized carbons (Fsp3) is 0.750. The Labute approximate surface area is 128 Å². The summed E-state index contributed by atoms with van der Waals surface area (Å²) in [5, 5.41) is 12.1. The van der Waals surface area contributed by atoms with Crippen LogP contribution >= 0.6 is 0 Å². The van der Waals surface area contributed by atoms with Crippen molar-refractivity contribution in [3.8, 4) is 0 Å². The number of anilines is 1. The zero-order valence-corrected chi connectivity index (χ0v) is 13.8. The largest absolute Gasteiger partial charge is 0.352 e. The number of piperazine rings is 1. The van der Waals surface area contributed by atoms with Gasteiger partial charge in [-0.1, -0.05) is 20.8 Å². The summed E-state index contributed by atoms with van der Waals surface area (Å²) in [5.41, 5.74) is 1.01. The van der Waals surface area contributed by atoms with Gasteiger partial charge in [0.05, 0.1) is 5.69 Å². The highest BCUT2D eigenvalue weighted by Gasteiger charge is 2.23. The van der Waals surface area contributed by atoms with E-state index < -0.39 is 0 Å². The Morgan fingerprint density at radius 1 is 1.29 bits per heavy atom. The number of likely N-dealkylation sites (N-methyl/N-ethyl adjacent to an activating group) is 1. The van der Waals surface area contributed by atoms with Crippen molar-refractivity contribution in [1.29, 1.82) is 0 Å². The summed E-state index contributed by atoms with van der Waals surface area (Å²) in [6.45, 7) is 15.0. The maximum absolute atomic E-state index is 4.40. The molecule has 1 fully saturated rings. The first-order valence-electron chi connectivity index (χ1n) is 8.12. The first-order valence-corrected chi connectivity index (χ1v) is 8.12. The van der Waals surface area contributed by atoms with Gasteiger partial charge in [0, 0.05) is 32.2 Å². The third kappa shape index (κ3) is 4.64. The molecule has 1 aliphatic heterocycles. The van der Waals surface area contributed by atoms with Gasteiger partial charge in [-0.2, -0.15) is 5.10 Å². The van der Waals surface area contributed by atoms with Gasteiger partial charge in [0.2, 0.25) is 0 Å². The lowest BCUT2D eigenvalue weighted by molar-refractivity contribution is 0.199. The van der Waals surface area contributed by atoms with Gasteiger partial charge in [-0.15, -0.1) is 5.10 Å². The first-order chi connectivity index (χ1) is 10.1. The molecule has 0 aliphatic carbocycles. The van der Waals surface area contributed by atoms with E-state index in [0.29, 0.717) is 12.0 Å². The molecule has 1 aromatic rings. The molecule has 0 bridgehead atoms. The van der Waals surface area contributed by atoms with Gasteiger partial charge < -0.3 is 10.2 Å². The van der Waals surface area contributed by atoms with Crippen LogP contribution in [0, 0.1) is 5.92 Å². The second kappa shape index (κ2) is 7.71. The quantitative estimate of drug-likeness (QED) is 0.865. The minimum absolute atomic E-state index is 0.581. The molecular formula is C16H29N5. The van der Waals surface area contributed by atoms with Crippen LogP contribution in [0.3, 0.4) is 0 Å². The van der Waals surface area contributed by atoms with Crippen molar-refractivity contribution < 1.29 is 0 Å². The van der Waals surface area contributed by atoms with Crippen LogP contribution in [0.5, 0.6) is 0 Å². The van der Waals surface area contributed by atoms with Gasteiger partial charge in [-0.3, -0.25) is 4.90 Å². The maximum Gasteiger partial charge on any atom is 0.151 e. The molecule has 1 N–H and O–H groups in total. The van der Waals surface area contributed by atoms with Crippen LogP contribution < -0.4 is 10.2 Å². The average Bonchev–Trinajstić information content (AvgIpc) is 2.47. The summed E-state index contributed by atoms with van der Waals surface area (Å²) in [7, 11) is 0. The molecule has 5 nitrogen and oxygen atoms in total. The molecule has 1 atom stereocenters. The highest BCUT2D eigenvalue weighted by atomic mass is 15.3. The monoisotopic (exact) mass is 291 g/mol. The lowest BCUT2D eigenvalue weighted by Gasteiger charge is -2.39.